The molecule has 0 bridgehead atoms. The first-order valence-corrected chi connectivity index (χ1v) is 9.06. The molecule has 0 saturated carbocycles. The van der Waals surface area contributed by atoms with Gasteiger partial charge < -0.3 is 15.4 Å². The molecule has 0 saturated heterocycles. The number of hydrogen-bond donors (Lipinski definition) is 2. The fourth-order valence-electron chi connectivity index (χ4n) is 2.72. The van der Waals surface area contributed by atoms with Crippen LogP contribution in [0.2, 0.25) is 0 Å². The normalized spacial score (nSPS) is 10.3. The van der Waals surface area contributed by atoms with Crippen molar-refractivity contribution in [1.82, 2.24) is 9.97 Å². The molecule has 2 N–H and O–H groups in total. The zero-order chi connectivity index (χ0) is 19.0. The number of rotatable bonds is 7. The molecule has 5 heteroatoms. The molecule has 0 unspecified atom stereocenters. The number of nitrogens with one attached hydrogen (secondary N) is 2. The van der Waals surface area contributed by atoms with Crippen LogP contribution < -0.4 is 15.4 Å². The zero-order valence-electron chi connectivity index (χ0n) is 15.2. The van der Waals surface area contributed by atoms with Gasteiger partial charge in [-0.15, -0.1) is 0 Å². The Hall–Kier alpha value is -3.86. The molecule has 0 fully saturated rings. The first-order valence-electron chi connectivity index (χ1n) is 9.06. The Kier molecular flexibility index (Phi) is 5.44. The van der Waals surface area contributed by atoms with Crippen molar-refractivity contribution >= 4 is 17.3 Å². The van der Waals surface area contributed by atoms with Crippen LogP contribution in [0.1, 0.15) is 5.56 Å². The van der Waals surface area contributed by atoms with Crippen LogP contribution in [0.5, 0.6) is 11.5 Å². The minimum atomic E-state index is 0.690. The summed E-state index contributed by atoms with van der Waals surface area (Å²) in [6, 6.07) is 29.5. The maximum atomic E-state index is 6.00. The van der Waals surface area contributed by atoms with Crippen LogP contribution in [0.15, 0.2) is 97.3 Å². The SMILES string of the molecule is c1ccc(CNc2cc(Nc3ccccc3Oc3ccccc3)ncn2)cc1. The number of nitrogens with zero attached hydrogens (tertiary/aromatic N) is 2. The minimum absolute atomic E-state index is 0.690. The van der Waals surface area contributed by atoms with E-state index in [-0.39, 0.29) is 0 Å². The summed E-state index contributed by atoms with van der Waals surface area (Å²) in [6.45, 7) is 0.699. The van der Waals surface area contributed by atoms with E-state index in [1.54, 1.807) is 0 Å². The van der Waals surface area contributed by atoms with Crippen LogP contribution in [0.4, 0.5) is 17.3 Å². The van der Waals surface area contributed by atoms with Gasteiger partial charge in [-0.2, -0.15) is 0 Å². The number of para-hydroxylation sites is 3. The van der Waals surface area contributed by atoms with Gasteiger partial charge >= 0.3 is 0 Å². The van der Waals surface area contributed by atoms with Crippen LogP contribution in [0.3, 0.4) is 0 Å². The quantitative estimate of drug-likeness (QED) is 0.443. The lowest BCUT2D eigenvalue weighted by Crippen LogP contribution is -2.03. The second kappa shape index (κ2) is 8.68. The van der Waals surface area contributed by atoms with E-state index in [1.807, 2.05) is 78.9 Å². The topological polar surface area (TPSA) is 59.1 Å². The summed E-state index contributed by atoms with van der Waals surface area (Å²) in [5, 5.41) is 6.63. The van der Waals surface area contributed by atoms with Gasteiger partial charge in [-0.05, 0) is 29.8 Å². The lowest BCUT2D eigenvalue weighted by Gasteiger charge is -2.13. The summed E-state index contributed by atoms with van der Waals surface area (Å²) in [6.07, 6.45) is 1.54. The molecular weight excluding hydrogens is 348 g/mol. The Morgan fingerprint density at radius 1 is 0.714 bits per heavy atom. The molecule has 4 rings (SSSR count). The molecule has 0 aliphatic heterocycles. The van der Waals surface area contributed by atoms with Crippen molar-refractivity contribution in [2.24, 2.45) is 0 Å². The molecule has 3 aromatic carbocycles. The van der Waals surface area contributed by atoms with Crippen molar-refractivity contribution in [2.45, 2.75) is 6.54 Å². The maximum absolute atomic E-state index is 6.00. The summed E-state index contributed by atoms with van der Waals surface area (Å²) < 4.78 is 6.00. The maximum Gasteiger partial charge on any atom is 0.150 e. The minimum Gasteiger partial charge on any atom is -0.455 e. The van der Waals surface area contributed by atoms with Gasteiger partial charge in [0.15, 0.2) is 5.75 Å². The molecule has 1 heterocycles. The van der Waals surface area contributed by atoms with Crippen molar-refractivity contribution < 1.29 is 4.74 Å². The second-order valence-corrected chi connectivity index (χ2v) is 6.16. The van der Waals surface area contributed by atoms with Gasteiger partial charge in [0.25, 0.3) is 0 Å². The standard InChI is InChI=1S/C23H20N4O/c1-3-9-18(10-4-1)16-24-22-15-23(26-17-25-22)27-20-13-7-8-14-21(20)28-19-11-5-2-6-12-19/h1-15,17H,16H2,(H2,24,25,26,27). The fraction of sp³-hybridized carbons (Fsp3) is 0.0435. The Labute approximate surface area is 164 Å². The van der Waals surface area contributed by atoms with Gasteiger partial charge in [0.1, 0.15) is 23.7 Å². The smallest absolute Gasteiger partial charge is 0.150 e. The summed E-state index contributed by atoms with van der Waals surface area (Å²) in [5.74, 6) is 2.95. The molecule has 28 heavy (non-hydrogen) atoms. The predicted octanol–water partition coefficient (Wildman–Crippen LogP) is 5.62. The van der Waals surface area contributed by atoms with Crippen LogP contribution >= 0.6 is 0 Å². The number of aromatic nitrogens is 2. The molecule has 0 aliphatic rings. The molecule has 0 atom stereocenters. The van der Waals surface area contributed by atoms with E-state index >= 15 is 0 Å². The van der Waals surface area contributed by atoms with Crippen molar-refractivity contribution in [1.29, 1.82) is 0 Å². The van der Waals surface area contributed by atoms with E-state index in [0.717, 1.165) is 23.0 Å². The Morgan fingerprint density at radius 2 is 1.39 bits per heavy atom. The van der Waals surface area contributed by atoms with Crippen LogP contribution in [0.25, 0.3) is 0 Å². The van der Waals surface area contributed by atoms with E-state index < -0.39 is 0 Å². The fourth-order valence-corrected chi connectivity index (χ4v) is 2.72. The Bertz CT molecular complexity index is 1020. The highest BCUT2D eigenvalue weighted by atomic mass is 16.5. The third kappa shape index (κ3) is 4.65. The van der Waals surface area contributed by atoms with E-state index in [1.165, 1.54) is 11.9 Å². The number of ether oxygens (including phenoxy) is 1. The predicted molar refractivity (Wildman–Crippen MR) is 112 cm³/mol. The molecule has 0 aliphatic carbocycles. The van der Waals surface area contributed by atoms with Gasteiger partial charge in [-0.25, -0.2) is 9.97 Å². The van der Waals surface area contributed by atoms with E-state index in [9.17, 15) is 0 Å². The summed E-state index contributed by atoms with van der Waals surface area (Å²) >= 11 is 0. The third-order valence-corrected chi connectivity index (χ3v) is 4.10. The lowest BCUT2D eigenvalue weighted by atomic mass is 10.2. The van der Waals surface area contributed by atoms with E-state index in [0.29, 0.717) is 12.4 Å². The Balaban J connectivity index is 1.47. The van der Waals surface area contributed by atoms with Gasteiger partial charge in [0.2, 0.25) is 0 Å². The second-order valence-electron chi connectivity index (χ2n) is 6.16. The van der Waals surface area contributed by atoms with Crippen molar-refractivity contribution in [2.75, 3.05) is 10.6 Å². The first kappa shape index (κ1) is 17.5. The molecule has 0 radical (unpaired) electrons. The average Bonchev–Trinajstić information content (AvgIpc) is 2.75. The highest BCUT2D eigenvalue weighted by molar-refractivity contribution is 5.66. The zero-order valence-corrected chi connectivity index (χ0v) is 15.2. The summed E-state index contributed by atoms with van der Waals surface area (Å²) in [7, 11) is 0. The number of benzene rings is 3. The number of hydrogen-bond acceptors (Lipinski definition) is 5. The van der Waals surface area contributed by atoms with Crippen molar-refractivity contribution in [3.8, 4) is 11.5 Å². The molecule has 0 spiro atoms. The van der Waals surface area contributed by atoms with Gasteiger partial charge in [-0.3, -0.25) is 0 Å². The molecule has 1 aromatic heterocycles. The monoisotopic (exact) mass is 368 g/mol. The molecule has 5 nitrogen and oxygen atoms in total. The highest BCUT2D eigenvalue weighted by Gasteiger charge is 2.06. The van der Waals surface area contributed by atoms with Crippen LogP contribution in [-0.2, 0) is 6.54 Å². The summed E-state index contributed by atoms with van der Waals surface area (Å²) in [4.78, 5) is 8.61. The molecule has 4 aromatic rings. The average molecular weight is 368 g/mol. The largest absolute Gasteiger partial charge is 0.455 e. The van der Waals surface area contributed by atoms with Crippen molar-refractivity contribution in [3.05, 3.63) is 103 Å². The molecular formula is C23H20N4O. The molecule has 0 amide bonds. The van der Waals surface area contributed by atoms with E-state index in [4.69, 9.17) is 4.74 Å². The lowest BCUT2D eigenvalue weighted by molar-refractivity contribution is 0.485. The third-order valence-electron chi connectivity index (χ3n) is 4.10. The highest BCUT2D eigenvalue weighted by Crippen LogP contribution is 2.31. The van der Waals surface area contributed by atoms with Gasteiger partial charge in [0.05, 0.1) is 5.69 Å². The van der Waals surface area contributed by atoms with Gasteiger partial charge in [-0.1, -0.05) is 60.7 Å². The van der Waals surface area contributed by atoms with Crippen LogP contribution in [0, 0.1) is 0 Å². The van der Waals surface area contributed by atoms with Crippen LogP contribution in [-0.4, -0.2) is 9.97 Å². The van der Waals surface area contributed by atoms with E-state index in [2.05, 4.69) is 32.7 Å². The summed E-state index contributed by atoms with van der Waals surface area (Å²) in [5.41, 5.74) is 2.02. The van der Waals surface area contributed by atoms with Crippen molar-refractivity contribution in [3.63, 3.8) is 0 Å². The molecule has 138 valence electrons. The number of anilines is 3. The Morgan fingerprint density at radius 3 is 2.21 bits per heavy atom. The van der Waals surface area contributed by atoms with Gasteiger partial charge in [0, 0.05) is 12.6 Å². The first-order chi connectivity index (χ1) is 13.9.